The SMILES string of the molecule is COc1cccc(N2CCOCC2CC(=O)O)c1[N+](=O)[O-]. The van der Waals surface area contributed by atoms with Crippen molar-refractivity contribution in [1.29, 1.82) is 0 Å². The second kappa shape index (κ2) is 6.40. The lowest BCUT2D eigenvalue weighted by molar-refractivity contribution is -0.385. The molecule has 0 bridgehead atoms. The molecule has 1 heterocycles. The van der Waals surface area contributed by atoms with Crippen molar-refractivity contribution in [2.75, 3.05) is 31.8 Å². The summed E-state index contributed by atoms with van der Waals surface area (Å²) in [5, 5.41) is 20.3. The molecule has 0 aromatic heterocycles. The van der Waals surface area contributed by atoms with Crippen molar-refractivity contribution < 1.29 is 24.3 Å². The molecule has 0 saturated carbocycles. The maximum absolute atomic E-state index is 11.3. The van der Waals surface area contributed by atoms with Gasteiger partial charge in [-0.15, -0.1) is 0 Å². The van der Waals surface area contributed by atoms with E-state index in [2.05, 4.69) is 0 Å². The Bertz CT molecular complexity index is 547. The summed E-state index contributed by atoms with van der Waals surface area (Å²) in [6.45, 7) is 1.01. The number of benzene rings is 1. The molecule has 1 atom stereocenters. The van der Waals surface area contributed by atoms with Crippen molar-refractivity contribution in [2.45, 2.75) is 12.5 Å². The van der Waals surface area contributed by atoms with Gasteiger partial charge in [0.25, 0.3) is 0 Å². The van der Waals surface area contributed by atoms with E-state index in [1.807, 2.05) is 0 Å². The molecule has 1 aliphatic heterocycles. The van der Waals surface area contributed by atoms with Gasteiger partial charge in [-0.1, -0.05) is 6.07 Å². The average molecular weight is 296 g/mol. The third kappa shape index (κ3) is 3.22. The fourth-order valence-electron chi connectivity index (χ4n) is 2.43. The fraction of sp³-hybridized carbons (Fsp3) is 0.462. The van der Waals surface area contributed by atoms with Crippen LogP contribution >= 0.6 is 0 Å². The number of rotatable bonds is 5. The molecule has 21 heavy (non-hydrogen) atoms. The van der Waals surface area contributed by atoms with E-state index >= 15 is 0 Å². The van der Waals surface area contributed by atoms with Crippen LogP contribution in [-0.4, -0.2) is 48.9 Å². The van der Waals surface area contributed by atoms with Gasteiger partial charge in [0.05, 0.1) is 37.7 Å². The zero-order chi connectivity index (χ0) is 15.4. The van der Waals surface area contributed by atoms with Crippen molar-refractivity contribution in [2.24, 2.45) is 0 Å². The maximum Gasteiger partial charge on any atom is 0.333 e. The Labute approximate surface area is 121 Å². The Morgan fingerprint density at radius 1 is 1.62 bits per heavy atom. The zero-order valence-corrected chi connectivity index (χ0v) is 11.5. The highest BCUT2D eigenvalue weighted by atomic mass is 16.6. The molecule has 0 amide bonds. The lowest BCUT2D eigenvalue weighted by Crippen LogP contribution is -2.46. The van der Waals surface area contributed by atoms with Gasteiger partial charge in [-0.05, 0) is 12.1 Å². The van der Waals surface area contributed by atoms with Crippen LogP contribution in [0, 0.1) is 10.1 Å². The largest absolute Gasteiger partial charge is 0.490 e. The zero-order valence-electron chi connectivity index (χ0n) is 11.5. The summed E-state index contributed by atoms with van der Waals surface area (Å²) in [4.78, 5) is 23.5. The monoisotopic (exact) mass is 296 g/mol. The van der Waals surface area contributed by atoms with E-state index in [4.69, 9.17) is 14.6 Å². The Morgan fingerprint density at radius 3 is 3.00 bits per heavy atom. The van der Waals surface area contributed by atoms with Crippen LogP contribution in [-0.2, 0) is 9.53 Å². The first-order valence-corrected chi connectivity index (χ1v) is 6.42. The van der Waals surface area contributed by atoms with E-state index in [1.165, 1.54) is 13.2 Å². The van der Waals surface area contributed by atoms with Gasteiger partial charge < -0.3 is 19.5 Å². The highest BCUT2D eigenvalue weighted by Gasteiger charge is 2.32. The first-order chi connectivity index (χ1) is 10.0. The number of morpholine rings is 1. The average Bonchev–Trinajstić information content (AvgIpc) is 2.46. The number of carboxylic acids is 1. The molecule has 8 nitrogen and oxygen atoms in total. The minimum Gasteiger partial charge on any atom is -0.490 e. The first-order valence-electron chi connectivity index (χ1n) is 6.42. The fourth-order valence-corrected chi connectivity index (χ4v) is 2.43. The molecule has 1 aliphatic rings. The molecule has 1 aromatic carbocycles. The van der Waals surface area contributed by atoms with Gasteiger partial charge in [-0.25, -0.2) is 0 Å². The molecule has 1 fully saturated rings. The number of nitro groups is 1. The summed E-state index contributed by atoms with van der Waals surface area (Å²) in [5.74, 6) is -0.820. The van der Waals surface area contributed by atoms with E-state index in [9.17, 15) is 14.9 Å². The van der Waals surface area contributed by atoms with Crippen LogP contribution in [0.25, 0.3) is 0 Å². The second-order valence-electron chi connectivity index (χ2n) is 4.61. The molecule has 0 radical (unpaired) electrons. The number of carbonyl (C=O) groups is 1. The van der Waals surface area contributed by atoms with Crippen molar-refractivity contribution in [3.8, 4) is 5.75 Å². The quantitative estimate of drug-likeness (QED) is 0.645. The maximum atomic E-state index is 11.3. The molecule has 1 N–H and O–H groups in total. The van der Waals surface area contributed by atoms with Gasteiger partial charge in [0, 0.05) is 6.54 Å². The molecule has 0 spiro atoms. The van der Waals surface area contributed by atoms with E-state index < -0.39 is 16.9 Å². The summed E-state index contributed by atoms with van der Waals surface area (Å²) in [5.41, 5.74) is 0.200. The number of ether oxygens (including phenoxy) is 2. The highest BCUT2D eigenvalue weighted by Crippen LogP contribution is 2.38. The van der Waals surface area contributed by atoms with Crippen LogP contribution in [0.3, 0.4) is 0 Å². The summed E-state index contributed by atoms with van der Waals surface area (Å²) in [7, 11) is 1.36. The molecular formula is C13H16N2O6. The number of hydrogen-bond acceptors (Lipinski definition) is 6. The van der Waals surface area contributed by atoms with Crippen molar-refractivity contribution in [1.82, 2.24) is 0 Å². The van der Waals surface area contributed by atoms with E-state index in [0.29, 0.717) is 18.8 Å². The van der Waals surface area contributed by atoms with Crippen molar-refractivity contribution >= 4 is 17.3 Å². The first kappa shape index (κ1) is 15.0. The molecular weight excluding hydrogens is 280 g/mol. The Morgan fingerprint density at radius 2 is 2.38 bits per heavy atom. The summed E-state index contributed by atoms with van der Waals surface area (Å²) >= 11 is 0. The highest BCUT2D eigenvalue weighted by molar-refractivity contribution is 5.73. The number of hydrogen-bond donors (Lipinski definition) is 1. The number of nitrogens with zero attached hydrogens (tertiary/aromatic N) is 2. The number of methoxy groups -OCH3 is 1. The minimum atomic E-state index is -0.971. The van der Waals surface area contributed by atoms with Gasteiger partial charge in [0.1, 0.15) is 5.69 Å². The van der Waals surface area contributed by atoms with E-state index in [1.54, 1.807) is 17.0 Å². The number of para-hydroxylation sites is 1. The second-order valence-corrected chi connectivity index (χ2v) is 4.61. The molecule has 1 aromatic rings. The Balaban J connectivity index is 2.42. The van der Waals surface area contributed by atoms with Gasteiger partial charge in [-0.2, -0.15) is 0 Å². The molecule has 2 rings (SSSR count). The van der Waals surface area contributed by atoms with Crippen LogP contribution in [0.5, 0.6) is 5.75 Å². The molecule has 0 aliphatic carbocycles. The van der Waals surface area contributed by atoms with Gasteiger partial charge in [-0.3, -0.25) is 14.9 Å². The van der Waals surface area contributed by atoms with Crippen molar-refractivity contribution in [3.05, 3.63) is 28.3 Å². The molecule has 1 saturated heterocycles. The minimum absolute atomic E-state index is 0.144. The van der Waals surface area contributed by atoms with E-state index in [-0.39, 0.29) is 24.5 Å². The number of anilines is 1. The Kier molecular flexibility index (Phi) is 4.59. The number of nitro benzene ring substituents is 1. The molecule has 1 unspecified atom stereocenters. The summed E-state index contributed by atoms with van der Waals surface area (Å²) < 4.78 is 10.3. The number of carboxylic acid groups (broad SMARTS) is 1. The van der Waals surface area contributed by atoms with Crippen LogP contribution in [0.2, 0.25) is 0 Å². The molecule has 8 heteroatoms. The van der Waals surface area contributed by atoms with Crippen LogP contribution in [0.15, 0.2) is 18.2 Å². The van der Waals surface area contributed by atoms with Crippen LogP contribution in [0.1, 0.15) is 6.42 Å². The van der Waals surface area contributed by atoms with Crippen LogP contribution in [0.4, 0.5) is 11.4 Å². The lowest BCUT2D eigenvalue weighted by Gasteiger charge is -2.36. The van der Waals surface area contributed by atoms with Crippen LogP contribution < -0.4 is 9.64 Å². The van der Waals surface area contributed by atoms with Gasteiger partial charge >= 0.3 is 11.7 Å². The third-order valence-corrected chi connectivity index (χ3v) is 3.33. The predicted molar refractivity (Wildman–Crippen MR) is 73.9 cm³/mol. The normalized spacial score (nSPS) is 18.3. The van der Waals surface area contributed by atoms with Gasteiger partial charge in [0.15, 0.2) is 5.75 Å². The smallest absolute Gasteiger partial charge is 0.333 e. The Hall–Kier alpha value is -2.35. The summed E-state index contributed by atoms with van der Waals surface area (Å²) in [6.07, 6.45) is -0.144. The lowest BCUT2D eigenvalue weighted by atomic mass is 10.1. The van der Waals surface area contributed by atoms with Crippen molar-refractivity contribution in [3.63, 3.8) is 0 Å². The third-order valence-electron chi connectivity index (χ3n) is 3.33. The molecule has 114 valence electrons. The predicted octanol–water partition coefficient (Wildman–Crippen LogP) is 1.28. The topological polar surface area (TPSA) is 102 Å². The van der Waals surface area contributed by atoms with E-state index in [0.717, 1.165) is 0 Å². The van der Waals surface area contributed by atoms with Gasteiger partial charge in [0.2, 0.25) is 0 Å². The standard InChI is InChI=1S/C13H16N2O6/c1-20-11-4-2-3-10(13(11)15(18)19)14-5-6-21-8-9(14)7-12(16)17/h2-4,9H,5-8H2,1H3,(H,16,17). The summed E-state index contributed by atoms with van der Waals surface area (Å²) in [6, 6.07) is 4.31. The number of aliphatic carboxylic acids is 1.